The van der Waals surface area contributed by atoms with Gasteiger partial charge in [0.25, 0.3) is 5.53 Å². The first-order valence-electron chi connectivity index (χ1n) is 5.90. The lowest BCUT2D eigenvalue weighted by Crippen LogP contribution is -2.33. The average molecular weight is 309 g/mol. The number of rotatable bonds is 7. The Morgan fingerprint density at radius 3 is 1.95 bits per heavy atom. The second-order valence-corrected chi connectivity index (χ2v) is 5.77. The summed E-state index contributed by atoms with van der Waals surface area (Å²) in [6.07, 6.45) is 0. The topological polar surface area (TPSA) is 76.0 Å². The Hall–Kier alpha value is -0.420. The van der Waals surface area contributed by atoms with Crippen LogP contribution >= 0.6 is 19.2 Å². The fourth-order valence-electron chi connectivity index (χ4n) is 1.74. The van der Waals surface area contributed by atoms with E-state index in [9.17, 15) is 14.4 Å². The van der Waals surface area contributed by atoms with Crippen LogP contribution in [0.3, 0.4) is 0 Å². The minimum atomic E-state index is -4.66. The maximum Gasteiger partial charge on any atom is 0.389 e. The first-order valence-corrected chi connectivity index (χ1v) is 8.05. The molecule has 19 heavy (non-hydrogen) atoms. The highest BCUT2D eigenvalue weighted by atomic mass is 35.5. The van der Waals surface area contributed by atoms with Crippen LogP contribution in [0.5, 0.6) is 0 Å². The Morgan fingerprint density at radius 1 is 1.16 bits per heavy atom. The maximum absolute atomic E-state index is 11.8. The Kier molecular flexibility index (Phi) is 5.99. The highest BCUT2D eigenvalue weighted by Gasteiger charge is 2.51. The number of alkyl halides is 1. The highest BCUT2D eigenvalue weighted by molar-refractivity contribution is 7.52. The van der Waals surface area contributed by atoms with Crippen LogP contribution in [-0.4, -0.2) is 23.0 Å². The van der Waals surface area contributed by atoms with E-state index in [1.165, 1.54) is 0 Å². The maximum atomic E-state index is 11.8. The highest BCUT2D eigenvalue weighted by Crippen LogP contribution is 2.58. The van der Waals surface area contributed by atoms with Gasteiger partial charge < -0.3 is 19.3 Å². The molecule has 0 aromatic heterocycles. The van der Waals surface area contributed by atoms with Crippen LogP contribution in [0, 0.1) is 0 Å². The summed E-state index contributed by atoms with van der Waals surface area (Å²) in [5.74, 6) is 0.326. The molecule has 0 amide bonds. The Bertz CT molecular complexity index is 436. The lowest BCUT2D eigenvalue weighted by molar-refractivity contribution is -0.192. The largest absolute Gasteiger partial charge is 0.389 e. The smallest absolute Gasteiger partial charge is 0.337 e. The second-order valence-electron chi connectivity index (χ2n) is 3.82. The van der Waals surface area contributed by atoms with E-state index >= 15 is 0 Å². The summed E-state index contributed by atoms with van der Waals surface area (Å²) in [6.45, 7) is 3.53. The zero-order valence-corrected chi connectivity index (χ0v) is 12.5. The molecule has 2 N–H and O–H groups in total. The Balaban J connectivity index is 3.31. The zero-order chi connectivity index (χ0) is 14.5. The summed E-state index contributed by atoms with van der Waals surface area (Å²) in [5.41, 5.74) is -0.933. The van der Waals surface area contributed by atoms with Crippen molar-refractivity contribution < 1.29 is 23.8 Å². The fraction of sp³-hybridized carbons (Fsp3) is 0.500. The molecular weight excluding hydrogens is 291 g/mol. The zero-order valence-electron chi connectivity index (χ0n) is 10.9. The summed E-state index contributed by atoms with van der Waals surface area (Å²) < 4.78 is 22.4. The van der Waals surface area contributed by atoms with Gasteiger partial charge in [-0.1, -0.05) is 24.3 Å². The molecule has 0 spiro atoms. The number of benzene rings is 1. The minimum absolute atomic E-state index is 0.113. The van der Waals surface area contributed by atoms with Crippen molar-refractivity contribution in [3.63, 3.8) is 0 Å². The van der Waals surface area contributed by atoms with Crippen molar-refractivity contribution in [2.24, 2.45) is 0 Å². The van der Waals surface area contributed by atoms with Gasteiger partial charge in [-0.25, -0.2) is 0 Å². The van der Waals surface area contributed by atoms with Crippen LogP contribution in [-0.2, 0) is 25.4 Å². The van der Waals surface area contributed by atoms with Crippen molar-refractivity contribution in [2.75, 3.05) is 13.2 Å². The van der Waals surface area contributed by atoms with E-state index < -0.39 is 13.1 Å². The van der Waals surface area contributed by atoms with Gasteiger partial charge in [-0.3, -0.25) is 4.57 Å². The van der Waals surface area contributed by atoms with Crippen molar-refractivity contribution >= 4 is 19.2 Å². The summed E-state index contributed by atoms with van der Waals surface area (Å²) in [4.78, 5) is 19.2. The van der Waals surface area contributed by atoms with Crippen LogP contribution in [0.4, 0.5) is 0 Å². The molecule has 0 aliphatic heterocycles. The van der Waals surface area contributed by atoms with E-state index in [-0.39, 0.29) is 18.8 Å². The normalized spacial score (nSPS) is 12.7. The molecule has 0 bridgehead atoms. The van der Waals surface area contributed by atoms with Crippen LogP contribution in [0.1, 0.15) is 25.0 Å². The van der Waals surface area contributed by atoms with Gasteiger partial charge in [-0.2, -0.15) is 0 Å². The van der Waals surface area contributed by atoms with Gasteiger partial charge in [0.05, 0.1) is 0 Å². The molecule has 0 saturated heterocycles. The second kappa shape index (κ2) is 6.84. The van der Waals surface area contributed by atoms with Crippen molar-refractivity contribution in [3.05, 3.63) is 35.4 Å². The van der Waals surface area contributed by atoms with Crippen molar-refractivity contribution in [3.8, 4) is 0 Å². The first-order chi connectivity index (χ1) is 8.91. The predicted octanol–water partition coefficient (Wildman–Crippen LogP) is 2.79. The summed E-state index contributed by atoms with van der Waals surface area (Å²) in [6, 6.07) is 6.49. The number of hydrogen-bond acceptors (Lipinski definition) is 3. The number of halogens is 1. The summed E-state index contributed by atoms with van der Waals surface area (Å²) in [7, 11) is -4.66. The minimum Gasteiger partial charge on any atom is -0.337 e. The quantitative estimate of drug-likeness (QED) is 0.460. The summed E-state index contributed by atoms with van der Waals surface area (Å²) >= 11 is 5.69. The van der Waals surface area contributed by atoms with E-state index in [4.69, 9.17) is 21.1 Å². The molecular formula is C12H18ClO5P. The van der Waals surface area contributed by atoms with E-state index in [0.29, 0.717) is 5.88 Å². The molecule has 0 radical (unpaired) electrons. The predicted molar refractivity (Wildman–Crippen MR) is 73.0 cm³/mol. The third kappa shape index (κ3) is 3.57. The molecule has 0 atom stereocenters. The van der Waals surface area contributed by atoms with Crippen LogP contribution in [0.2, 0.25) is 0 Å². The molecule has 1 aromatic rings. The van der Waals surface area contributed by atoms with Crippen LogP contribution in [0.25, 0.3) is 0 Å². The van der Waals surface area contributed by atoms with Gasteiger partial charge in [0.15, 0.2) is 0 Å². The fourth-order valence-corrected chi connectivity index (χ4v) is 3.00. The lowest BCUT2D eigenvalue weighted by Gasteiger charge is -2.33. The molecule has 5 nitrogen and oxygen atoms in total. The summed E-state index contributed by atoms with van der Waals surface area (Å²) in [5, 5.41) is 0. The van der Waals surface area contributed by atoms with Crippen LogP contribution < -0.4 is 0 Å². The molecule has 0 unspecified atom stereocenters. The number of ether oxygens (including phenoxy) is 2. The SMILES string of the molecule is CCOC(OCC)(c1ccc(CCl)cc1)P(=O)(O)O. The monoisotopic (exact) mass is 308 g/mol. The number of hydrogen-bond donors (Lipinski definition) is 2. The average Bonchev–Trinajstić information content (AvgIpc) is 2.37. The van der Waals surface area contributed by atoms with E-state index in [0.717, 1.165) is 5.56 Å². The third-order valence-electron chi connectivity index (χ3n) is 2.54. The van der Waals surface area contributed by atoms with Crippen molar-refractivity contribution in [1.82, 2.24) is 0 Å². The molecule has 1 rings (SSSR count). The Labute approximate surface area is 117 Å². The standard InChI is InChI=1S/C12H18ClO5P/c1-3-17-12(18-4-2,19(14,15)16)11-7-5-10(9-13)6-8-11/h5-8H,3-4,9H2,1-2H3,(H2,14,15,16). The van der Waals surface area contributed by atoms with Gasteiger partial charge in [-0.05, 0) is 19.4 Å². The molecule has 0 aliphatic carbocycles. The van der Waals surface area contributed by atoms with E-state index in [1.54, 1.807) is 38.1 Å². The molecule has 0 aliphatic rings. The first kappa shape index (κ1) is 16.6. The van der Waals surface area contributed by atoms with Gasteiger partial charge in [-0.15, -0.1) is 11.6 Å². The van der Waals surface area contributed by atoms with E-state index in [1.807, 2.05) is 0 Å². The Morgan fingerprint density at radius 2 is 1.63 bits per heavy atom. The molecule has 0 fully saturated rings. The molecule has 108 valence electrons. The van der Waals surface area contributed by atoms with Crippen LogP contribution in [0.15, 0.2) is 24.3 Å². The molecule has 0 heterocycles. The molecule has 7 heteroatoms. The van der Waals surface area contributed by atoms with Crippen molar-refractivity contribution in [1.29, 1.82) is 0 Å². The van der Waals surface area contributed by atoms with Gasteiger partial charge >= 0.3 is 7.60 Å². The van der Waals surface area contributed by atoms with E-state index in [2.05, 4.69) is 0 Å². The van der Waals surface area contributed by atoms with Gasteiger partial charge in [0.1, 0.15) is 0 Å². The lowest BCUT2D eigenvalue weighted by atomic mass is 10.1. The van der Waals surface area contributed by atoms with Gasteiger partial charge in [0.2, 0.25) is 0 Å². The molecule has 1 aromatic carbocycles. The third-order valence-corrected chi connectivity index (χ3v) is 4.13. The van der Waals surface area contributed by atoms with Gasteiger partial charge in [0, 0.05) is 24.7 Å². The van der Waals surface area contributed by atoms with Crippen molar-refractivity contribution in [2.45, 2.75) is 25.3 Å². The molecule has 0 saturated carbocycles.